The van der Waals surface area contributed by atoms with Gasteiger partial charge in [0.25, 0.3) is 0 Å². The average Bonchev–Trinajstić information content (AvgIpc) is 3.10. The fraction of sp³-hybridized carbons (Fsp3) is 0.500. The summed E-state index contributed by atoms with van der Waals surface area (Å²) in [7, 11) is 0. The zero-order valence-electron chi connectivity index (χ0n) is 15.0. The Morgan fingerprint density at radius 3 is 2.48 bits per heavy atom. The van der Waals surface area contributed by atoms with Crippen molar-refractivity contribution in [1.29, 1.82) is 0 Å². The molecule has 25 heavy (non-hydrogen) atoms. The van der Waals surface area contributed by atoms with Crippen LogP contribution in [0.5, 0.6) is 0 Å². The molecule has 1 saturated carbocycles. The lowest BCUT2D eigenvalue weighted by Crippen LogP contribution is -2.40. The summed E-state index contributed by atoms with van der Waals surface area (Å²) in [5.41, 5.74) is 2.40. The Hall–Kier alpha value is -1.81. The van der Waals surface area contributed by atoms with Gasteiger partial charge in [0.1, 0.15) is 5.78 Å². The number of halogens is 1. The highest BCUT2D eigenvalue weighted by molar-refractivity contribution is 6.30. The lowest BCUT2D eigenvalue weighted by molar-refractivity contribution is -0.120. The van der Waals surface area contributed by atoms with Crippen molar-refractivity contribution in [3.63, 3.8) is 0 Å². The summed E-state index contributed by atoms with van der Waals surface area (Å²) in [5.74, 6) is 0.389. The molecule has 0 N–H and O–H groups in total. The molecule has 1 aromatic heterocycles. The monoisotopic (exact) mass is 359 g/mol. The highest BCUT2D eigenvalue weighted by Crippen LogP contribution is 2.36. The number of nitrogens with zero attached hydrogens (tertiary/aromatic N) is 3. The molecule has 1 aliphatic rings. The van der Waals surface area contributed by atoms with Gasteiger partial charge in [-0.25, -0.2) is 0 Å². The maximum absolute atomic E-state index is 11.7. The zero-order valence-corrected chi connectivity index (χ0v) is 15.7. The van der Waals surface area contributed by atoms with Crippen molar-refractivity contribution in [2.45, 2.75) is 64.6 Å². The average molecular weight is 360 g/mol. The van der Waals surface area contributed by atoms with Crippen molar-refractivity contribution < 1.29 is 4.79 Å². The number of hydrogen-bond donors (Lipinski definition) is 0. The molecule has 0 amide bonds. The van der Waals surface area contributed by atoms with E-state index >= 15 is 0 Å². The van der Waals surface area contributed by atoms with Crippen LogP contribution in [0.1, 0.15) is 57.6 Å². The quantitative estimate of drug-likeness (QED) is 0.726. The Labute approximate surface area is 154 Å². The van der Waals surface area contributed by atoms with E-state index in [1.165, 1.54) is 5.56 Å². The number of anilines is 1. The number of carbonyl (C=O) groups is 1. The van der Waals surface area contributed by atoms with Gasteiger partial charge in [-0.2, -0.15) is 5.10 Å². The third kappa shape index (κ3) is 4.06. The minimum absolute atomic E-state index is 0.255. The predicted octanol–water partition coefficient (Wildman–Crippen LogP) is 5.03. The minimum atomic E-state index is 0.255. The van der Waals surface area contributed by atoms with Crippen LogP contribution in [0.25, 0.3) is 0 Å². The molecule has 1 aliphatic carbocycles. The van der Waals surface area contributed by atoms with E-state index in [2.05, 4.69) is 42.2 Å². The van der Waals surface area contributed by atoms with E-state index in [0.717, 1.165) is 36.5 Å². The van der Waals surface area contributed by atoms with Crippen LogP contribution in [-0.2, 0) is 11.3 Å². The first-order valence-electron chi connectivity index (χ1n) is 9.20. The van der Waals surface area contributed by atoms with Crippen LogP contribution in [0.15, 0.2) is 36.7 Å². The maximum Gasteiger partial charge on any atom is 0.133 e. The van der Waals surface area contributed by atoms with Crippen molar-refractivity contribution in [3.8, 4) is 0 Å². The van der Waals surface area contributed by atoms with Crippen LogP contribution in [0.2, 0.25) is 5.02 Å². The van der Waals surface area contributed by atoms with Gasteiger partial charge in [-0.1, -0.05) is 30.7 Å². The molecule has 0 spiro atoms. The number of aryl methyl sites for hydroxylation is 1. The van der Waals surface area contributed by atoms with Crippen molar-refractivity contribution in [2.24, 2.45) is 0 Å². The molecule has 1 fully saturated rings. The number of aromatic nitrogens is 2. The number of benzene rings is 1. The van der Waals surface area contributed by atoms with Crippen LogP contribution < -0.4 is 4.90 Å². The van der Waals surface area contributed by atoms with Crippen LogP contribution >= 0.6 is 11.6 Å². The van der Waals surface area contributed by atoms with Crippen molar-refractivity contribution in [3.05, 3.63) is 47.2 Å². The first kappa shape index (κ1) is 18.0. The summed E-state index contributed by atoms with van der Waals surface area (Å²) in [4.78, 5) is 14.2. The molecule has 0 radical (unpaired) electrons. The highest BCUT2D eigenvalue weighted by atomic mass is 35.5. The Morgan fingerprint density at radius 2 is 1.92 bits per heavy atom. The molecule has 2 aromatic rings. The third-order valence-electron chi connectivity index (χ3n) is 5.13. The number of ketones is 1. The second kappa shape index (κ2) is 8.05. The molecular weight excluding hydrogens is 334 g/mol. The largest absolute Gasteiger partial charge is 0.359 e. The van der Waals surface area contributed by atoms with Gasteiger partial charge in [-0.15, -0.1) is 0 Å². The van der Waals surface area contributed by atoms with Gasteiger partial charge in [0.05, 0.1) is 17.9 Å². The standard InChI is InChI=1S/C20H26ClN3O/c1-3-20(15-5-7-16(21)8-6-15)24(17-9-11-19(25)12-10-17)18-13-22-23(4-2)14-18/h5-8,13-14,17,20H,3-4,9-12H2,1-2H3. The van der Waals surface area contributed by atoms with Crippen molar-refractivity contribution >= 4 is 23.1 Å². The van der Waals surface area contributed by atoms with Gasteiger partial charge < -0.3 is 4.90 Å². The summed E-state index contributed by atoms with van der Waals surface area (Å²) in [6.45, 7) is 5.16. The SMILES string of the molecule is CCC(c1ccc(Cl)cc1)N(c1cnn(CC)c1)C1CCC(=O)CC1. The lowest BCUT2D eigenvalue weighted by atomic mass is 9.90. The molecule has 0 aliphatic heterocycles. The molecule has 1 aromatic carbocycles. The van der Waals surface area contributed by atoms with Gasteiger partial charge in [-0.3, -0.25) is 9.48 Å². The molecule has 3 rings (SSSR count). The first-order chi connectivity index (χ1) is 12.1. The minimum Gasteiger partial charge on any atom is -0.359 e. The van der Waals surface area contributed by atoms with E-state index < -0.39 is 0 Å². The molecule has 5 heteroatoms. The second-order valence-electron chi connectivity index (χ2n) is 6.71. The third-order valence-corrected chi connectivity index (χ3v) is 5.38. The molecule has 1 heterocycles. The molecule has 1 atom stereocenters. The van der Waals surface area contributed by atoms with E-state index in [4.69, 9.17) is 11.6 Å². The van der Waals surface area contributed by atoms with Crippen LogP contribution in [0.4, 0.5) is 5.69 Å². The molecule has 4 nitrogen and oxygen atoms in total. The number of hydrogen-bond acceptors (Lipinski definition) is 3. The molecule has 0 bridgehead atoms. The van der Waals surface area contributed by atoms with Crippen molar-refractivity contribution in [1.82, 2.24) is 9.78 Å². The van der Waals surface area contributed by atoms with Gasteiger partial charge in [-0.05, 0) is 43.9 Å². The van der Waals surface area contributed by atoms with Gasteiger partial charge >= 0.3 is 0 Å². The lowest BCUT2D eigenvalue weighted by Gasteiger charge is -2.40. The Bertz CT molecular complexity index is 700. The Balaban J connectivity index is 1.96. The summed E-state index contributed by atoms with van der Waals surface area (Å²) in [6, 6.07) is 8.76. The van der Waals surface area contributed by atoms with Gasteiger partial charge in [0.15, 0.2) is 0 Å². The van der Waals surface area contributed by atoms with Gasteiger partial charge in [0, 0.05) is 36.6 Å². The van der Waals surface area contributed by atoms with E-state index in [0.29, 0.717) is 24.7 Å². The zero-order chi connectivity index (χ0) is 17.8. The Kier molecular flexibility index (Phi) is 5.79. The van der Waals surface area contributed by atoms with Gasteiger partial charge in [0.2, 0.25) is 0 Å². The van der Waals surface area contributed by atoms with E-state index in [1.807, 2.05) is 23.0 Å². The normalized spacial score (nSPS) is 16.8. The second-order valence-corrected chi connectivity index (χ2v) is 7.14. The van der Waals surface area contributed by atoms with Crippen LogP contribution in [0, 0.1) is 0 Å². The summed E-state index contributed by atoms with van der Waals surface area (Å²) in [5, 5.41) is 5.23. The fourth-order valence-corrected chi connectivity index (χ4v) is 3.91. The first-order valence-corrected chi connectivity index (χ1v) is 9.58. The fourth-order valence-electron chi connectivity index (χ4n) is 3.78. The molecule has 1 unspecified atom stereocenters. The van der Waals surface area contributed by atoms with Crippen LogP contribution in [0.3, 0.4) is 0 Å². The summed E-state index contributed by atoms with van der Waals surface area (Å²) in [6.07, 6.45) is 8.26. The summed E-state index contributed by atoms with van der Waals surface area (Å²) < 4.78 is 1.96. The number of Topliss-reactive ketones (excluding diaryl/α,β-unsaturated/α-hetero) is 1. The van der Waals surface area contributed by atoms with E-state index in [-0.39, 0.29) is 6.04 Å². The summed E-state index contributed by atoms with van der Waals surface area (Å²) >= 11 is 6.08. The number of carbonyl (C=O) groups excluding carboxylic acids is 1. The van der Waals surface area contributed by atoms with E-state index in [9.17, 15) is 4.79 Å². The highest BCUT2D eigenvalue weighted by Gasteiger charge is 2.30. The predicted molar refractivity (Wildman–Crippen MR) is 102 cm³/mol. The van der Waals surface area contributed by atoms with E-state index in [1.54, 1.807) is 0 Å². The topological polar surface area (TPSA) is 38.1 Å². The smallest absolute Gasteiger partial charge is 0.133 e. The Morgan fingerprint density at radius 1 is 1.24 bits per heavy atom. The number of rotatable bonds is 6. The van der Waals surface area contributed by atoms with Crippen molar-refractivity contribution in [2.75, 3.05) is 4.90 Å². The van der Waals surface area contributed by atoms with Crippen LogP contribution in [-0.4, -0.2) is 21.6 Å². The molecule has 0 saturated heterocycles. The molecule has 134 valence electrons. The molecular formula is C20H26ClN3O. The maximum atomic E-state index is 11.7.